The molecule has 0 amide bonds. The highest BCUT2D eigenvalue weighted by Gasteiger charge is 2.16. The summed E-state index contributed by atoms with van der Waals surface area (Å²) >= 11 is 1.49. The van der Waals surface area contributed by atoms with Gasteiger partial charge in [0, 0.05) is 24.5 Å². The van der Waals surface area contributed by atoms with Crippen LogP contribution in [-0.2, 0) is 13.5 Å². The smallest absolute Gasteiger partial charge is 0.122 e. The van der Waals surface area contributed by atoms with Crippen molar-refractivity contribution in [2.24, 2.45) is 7.05 Å². The Morgan fingerprint density at radius 2 is 2.11 bits per heavy atom. The maximum atomic E-state index is 10.2. The molecule has 2 aromatic heterocycles. The number of para-hydroxylation sites is 2. The minimum absolute atomic E-state index is 0.484. The average Bonchev–Trinajstić information content (AvgIpc) is 2.96. The highest BCUT2D eigenvalue weighted by atomic mass is 32.1. The van der Waals surface area contributed by atoms with Crippen LogP contribution >= 0.6 is 11.3 Å². The lowest BCUT2D eigenvalue weighted by molar-refractivity contribution is 0.174. The molecule has 0 aliphatic heterocycles. The number of thiazole rings is 1. The number of hydrogen-bond acceptors (Lipinski definition) is 4. The molecule has 98 valence electrons. The van der Waals surface area contributed by atoms with Crippen LogP contribution in [0.3, 0.4) is 0 Å². The van der Waals surface area contributed by atoms with Crippen molar-refractivity contribution in [2.45, 2.75) is 19.4 Å². The van der Waals surface area contributed by atoms with Crippen LogP contribution in [0.15, 0.2) is 29.6 Å². The van der Waals surface area contributed by atoms with E-state index in [1.165, 1.54) is 11.3 Å². The fourth-order valence-corrected chi connectivity index (χ4v) is 2.94. The van der Waals surface area contributed by atoms with Crippen molar-refractivity contribution in [3.63, 3.8) is 0 Å². The van der Waals surface area contributed by atoms with E-state index >= 15 is 0 Å². The van der Waals surface area contributed by atoms with Crippen molar-refractivity contribution in [3.8, 4) is 0 Å². The van der Waals surface area contributed by atoms with Crippen LogP contribution in [0.25, 0.3) is 11.0 Å². The summed E-state index contributed by atoms with van der Waals surface area (Å²) in [6.45, 7) is 1.93. The summed E-state index contributed by atoms with van der Waals surface area (Å²) in [6.07, 6.45) is -0.104. The van der Waals surface area contributed by atoms with Gasteiger partial charge in [-0.3, -0.25) is 0 Å². The van der Waals surface area contributed by atoms with Crippen molar-refractivity contribution < 1.29 is 5.11 Å². The molecule has 0 bridgehead atoms. The average molecular weight is 273 g/mol. The lowest BCUT2D eigenvalue weighted by atomic mass is 10.2. The van der Waals surface area contributed by atoms with Crippen molar-refractivity contribution in [2.75, 3.05) is 0 Å². The van der Waals surface area contributed by atoms with Gasteiger partial charge < -0.3 is 9.67 Å². The van der Waals surface area contributed by atoms with E-state index in [1.807, 2.05) is 48.2 Å². The number of aromatic nitrogens is 3. The van der Waals surface area contributed by atoms with Crippen LogP contribution in [0.4, 0.5) is 0 Å². The predicted octanol–water partition coefficient (Wildman–Crippen LogP) is 2.61. The van der Waals surface area contributed by atoms with Gasteiger partial charge in [-0.05, 0) is 19.1 Å². The first-order valence-corrected chi connectivity index (χ1v) is 7.03. The highest BCUT2D eigenvalue weighted by Crippen LogP contribution is 2.23. The maximum absolute atomic E-state index is 10.2. The van der Waals surface area contributed by atoms with E-state index in [4.69, 9.17) is 0 Å². The van der Waals surface area contributed by atoms with E-state index in [0.29, 0.717) is 6.42 Å². The van der Waals surface area contributed by atoms with E-state index < -0.39 is 6.10 Å². The minimum atomic E-state index is -0.589. The molecule has 5 heteroatoms. The van der Waals surface area contributed by atoms with E-state index in [2.05, 4.69) is 9.97 Å². The van der Waals surface area contributed by atoms with E-state index in [-0.39, 0.29) is 0 Å². The Balaban J connectivity index is 1.91. The Labute approximate surface area is 115 Å². The molecule has 4 nitrogen and oxygen atoms in total. The van der Waals surface area contributed by atoms with Gasteiger partial charge in [-0.25, -0.2) is 9.97 Å². The molecule has 3 aromatic rings. The van der Waals surface area contributed by atoms with Gasteiger partial charge in [0.2, 0.25) is 0 Å². The standard InChI is InChI=1S/C14H15N3OS/c1-9-8-19-14(15-9)12(18)7-13-16-10-5-3-4-6-11(10)17(13)2/h3-6,8,12,18H,7H2,1-2H3. The molecule has 0 saturated carbocycles. The van der Waals surface area contributed by atoms with Crippen LogP contribution in [0.2, 0.25) is 0 Å². The molecule has 1 atom stereocenters. The number of imidazole rings is 1. The molecular formula is C14H15N3OS. The molecule has 0 radical (unpaired) electrons. The number of rotatable bonds is 3. The Bertz CT molecular complexity index is 716. The monoisotopic (exact) mass is 273 g/mol. The third kappa shape index (κ3) is 2.27. The Morgan fingerprint density at radius 1 is 1.32 bits per heavy atom. The van der Waals surface area contributed by atoms with Crippen LogP contribution in [0.5, 0.6) is 0 Å². The van der Waals surface area contributed by atoms with Gasteiger partial charge in [0.15, 0.2) is 0 Å². The first-order valence-electron chi connectivity index (χ1n) is 6.15. The molecule has 0 aliphatic carbocycles. The molecule has 2 heterocycles. The third-order valence-corrected chi connectivity index (χ3v) is 4.24. The zero-order valence-electron chi connectivity index (χ0n) is 10.9. The normalized spacial score (nSPS) is 13.0. The molecule has 19 heavy (non-hydrogen) atoms. The fourth-order valence-electron chi connectivity index (χ4n) is 2.16. The van der Waals surface area contributed by atoms with Crippen molar-refractivity contribution in [1.82, 2.24) is 14.5 Å². The maximum Gasteiger partial charge on any atom is 0.122 e. The minimum Gasteiger partial charge on any atom is -0.385 e. The summed E-state index contributed by atoms with van der Waals surface area (Å²) in [5, 5.41) is 12.9. The molecule has 3 rings (SSSR count). The number of benzene rings is 1. The van der Waals surface area contributed by atoms with Gasteiger partial charge >= 0.3 is 0 Å². The summed E-state index contributed by atoms with van der Waals surface area (Å²) in [5.41, 5.74) is 2.99. The van der Waals surface area contributed by atoms with Gasteiger partial charge in [-0.2, -0.15) is 0 Å². The molecule has 1 unspecified atom stereocenters. The summed E-state index contributed by atoms with van der Waals surface area (Å²) < 4.78 is 2.03. The second kappa shape index (κ2) is 4.75. The van der Waals surface area contributed by atoms with Gasteiger partial charge in [0.05, 0.1) is 11.0 Å². The van der Waals surface area contributed by atoms with E-state index in [1.54, 1.807) is 0 Å². The van der Waals surface area contributed by atoms with Crippen molar-refractivity contribution in [3.05, 3.63) is 46.2 Å². The number of aliphatic hydroxyl groups is 1. The number of nitrogens with zero attached hydrogens (tertiary/aromatic N) is 3. The molecule has 1 aromatic carbocycles. The van der Waals surface area contributed by atoms with E-state index in [9.17, 15) is 5.11 Å². The van der Waals surface area contributed by atoms with Gasteiger partial charge in [-0.1, -0.05) is 12.1 Å². The first-order chi connectivity index (χ1) is 9.15. The van der Waals surface area contributed by atoms with Crippen LogP contribution in [0, 0.1) is 6.92 Å². The fraction of sp³-hybridized carbons (Fsp3) is 0.286. The molecule has 0 fully saturated rings. The van der Waals surface area contributed by atoms with Gasteiger partial charge in [0.1, 0.15) is 16.9 Å². The third-order valence-electron chi connectivity index (χ3n) is 3.18. The van der Waals surface area contributed by atoms with Gasteiger partial charge in [-0.15, -0.1) is 11.3 Å². The summed E-state index contributed by atoms with van der Waals surface area (Å²) in [5.74, 6) is 0.876. The highest BCUT2D eigenvalue weighted by molar-refractivity contribution is 7.09. The second-order valence-electron chi connectivity index (χ2n) is 4.62. The summed E-state index contributed by atoms with van der Waals surface area (Å²) in [7, 11) is 1.98. The van der Waals surface area contributed by atoms with Crippen LogP contribution in [0.1, 0.15) is 22.6 Å². The molecule has 0 spiro atoms. The quantitative estimate of drug-likeness (QED) is 0.798. The predicted molar refractivity (Wildman–Crippen MR) is 76.2 cm³/mol. The SMILES string of the molecule is Cc1csc(C(O)Cc2nc3ccccc3n2C)n1. The van der Waals surface area contributed by atoms with Gasteiger partial charge in [0.25, 0.3) is 0 Å². The van der Waals surface area contributed by atoms with Crippen LogP contribution in [-0.4, -0.2) is 19.6 Å². The summed E-state index contributed by atoms with van der Waals surface area (Å²) in [4.78, 5) is 8.89. The lowest BCUT2D eigenvalue weighted by Gasteiger charge is -2.07. The van der Waals surface area contributed by atoms with Crippen molar-refractivity contribution in [1.29, 1.82) is 0 Å². The topological polar surface area (TPSA) is 50.9 Å². The second-order valence-corrected chi connectivity index (χ2v) is 5.51. The summed E-state index contributed by atoms with van der Waals surface area (Å²) in [6, 6.07) is 7.98. The zero-order chi connectivity index (χ0) is 13.4. The molecular weight excluding hydrogens is 258 g/mol. The first kappa shape index (κ1) is 12.3. The Morgan fingerprint density at radius 3 is 2.79 bits per heavy atom. The number of aliphatic hydroxyl groups excluding tert-OH is 1. The molecule has 0 aliphatic rings. The lowest BCUT2D eigenvalue weighted by Crippen LogP contribution is -2.06. The Hall–Kier alpha value is -1.72. The Kier molecular flexibility index (Phi) is 3.08. The number of aryl methyl sites for hydroxylation is 2. The number of hydrogen-bond donors (Lipinski definition) is 1. The molecule has 1 N–H and O–H groups in total. The van der Waals surface area contributed by atoms with Crippen molar-refractivity contribution >= 4 is 22.4 Å². The zero-order valence-corrected chi connectivity index (χ0v) is 11.7. The van der Waals surface area contributed by atoms with Crippen LogP contribution < -0.4 is 0 Å². The van der Waals surface area contributed by atoms with E-state index in [0.717, 1.165) is 27.6 Å². The largest absolute Gasteiger partial charge is 0.385 e. The molecule has 0 saturated heterocycles. The number of fused-ring (bicyclic) bond motifs is 1.